The largest absolute Gasteiger partial charge is 0.320 e. The molecule has 0 spiro atoms. The highest BCUT2D eigenvalue weighted by molar-refractivity contribution is 5.40. The Kier molecular flexibility index (Phi) is 5.19. The molecule has 0 atom stereocenters. The summed E-state index contributed by atoms with van der Waals surface area (Å²) in [4.78, 5) is 0. The number of hydrogen-bond acceptors (Lipinski definition) is 1. The maximum absolute atomic E-state index is 3.29. The summed E-state index contributed by atoms with van der Waals surface area (Å²) in [6.45, 7) is 9.79. The molecule has 0 saturated carbocycles. The minimum Gasteiger partial charge on any atom is -0.320 e. The molecular formula is C20H27N. The minimum absolute atomic E-state index is 0.469. The van der Waals surface area contributed by atoms with Gasteiger partial charge in [-0.2, -0.15) is 0 Å². The summed E-state index contributed by atoms with van der Waals surface area (Å²) in [5.41, 5.74) is 8.35. The van der Waals surface area contributed by atoms with E-state index < -0.39 is 0 Å². The Bertz CT molecular complexity index is 562. The highest BCUT2D eigenvalue weighted by atomic mass is 14.8. The number of nitrogens with one attached hydrogen (secondary N) is 1. The highest BCUT2D eigenvalue weighted by Crippen LogP contribution is 2.30. The van der Waals surface area contributed by atoms with Gasteiger partial charge in [0.1, 0.15) is 0 Å². The van der Waals surface area contributed by atoms with Gasteiger partial charge in [-0.3, -0.25) is 0 Å². The second-order valence-corrected chi connectivity index (χ2v) is 6.13. The number of rotatable bonds is 5. The topological polar surface area (TPSA) is 12.0 Å². The van der Waals surface area contributed by atoms with Gasteiger partial charge in [0.15, 0.2) is 0 Å². The van der Waals surface area contributed by atoms with Crippen LogP contribution in [0.25, 0.3) is 0 Å². The molecule has 0 aliphatic rings. The van der Waals surface area contributed by atoms with Crippen molar-refractivity contribution < 1.29 is 0 Å². The summed E-state index contributed by atoms with van der Waals surface area (Å²) >= 11 is 0. The van der Waals surface area contributed by atoms with Gasteiger partial charge in [-0.05, 0) is 81.1 Å². The van der Waals surface area contributed by atoms with Crippen LogP contribution in [-0.4, -0.2) is 13.6 Å². The molecule has 2 rings (SSSR count). The van der Waals surface area contributed by atoms with Crippen molar-refractivity contribution in [3.8, 4) is 0 Å². The van der Waals surface area contributed by atoms with Gasteiger partial charge in [-0.1, -0.05) is 36.4 Å². The third-order valence-electron chi connectivity index (χ3n) is 4.55. The summed E-state index contributed by atoms with van der Waals surface area (Å²) in [5.74, 6) is 0.469. The molecule has 0 fully saturated rings. The molecule has 0 heterocycles. The summed E-state index contributed by atoms with van der Waals surface area (Å²) in [5, 5.41) is 3.29. The molecule has 112 valence electrons. The van der Waals surface area contributed by atoms with Crippen LogP contribution in [0.5, 0.6) is 0 Å². The average molecular weight is 281 g/mol. The molecule has 0 amide bonds. The van der Waals surface area contributed by atoms with Crippen LogP contribution >= 0.6 is 0 Å². The standard InChI is InChI=1S/C20H27N/c1-14-6-8-18(12-16(14)3)20(10-11-21-5)19-9-7-15(2)17(4)13-19/h6-9,12-13,20-21H,10-11H2,1-5H3. The predicted octanol–water partition coefficient (Wildman–Crippen LogP) is 4.66. The van der Waals surface area contributed by atoms with E-state index in [-0.39, 0.29) is 0 Å². The van der Waals surface area contributed by atoms with E-state index in [2.05, 4.69) is 69.4 Å². The molecule has 0 bridgehead atoms. The lowest BCUT2D eigenvalue weighted by Crippen LogP contribution is -2.13. The highest BCUT2D eigenvalue weighted by Gasteiger charge is 2.15. The maximum atomic E-state index is 3.29. The van der Waals surface area contributed by atoms with Crippen molar-refractivity contribution in [1.29, 1.82) is 0 Å². The van der Waals surface area contributed by atoms with E-state index in [1.165, 1.54) is 33.4 Å². The van der Waals surface area contributed by atoms with Crippen LogP contribution in [0.1, 0.15) is 45.7 Å². The lowest BCUT2D eigenvalue weighted by atomic mass is 9.86. The van der Waals surface area contributed by atoms with Crippen molar-refractivity contribution in [2.75, 3.05) is 13.6 Å². The Morgan fingerprint density at radius 1 is 0.762 bits per heavy atom. The molecule has 0 saturated heterocycles. The predicted molar refractivity (Wildman–Crippen MR) is 92.2 cm³/mol. The van der Waals surface area contributed by atoms with Crippen molar-refractivity contribution >= 4 is 0 Å². The van der Waals surface area contributed by atoms with E-state index in [0.29, 0.717) is 5.92 Å². The zero-order chi connectivity index (χ0) is 15.4. The number of benzene rings is 2. The second kappa shape index (κ2) is 6.91. The Balaban J connectivity index is 2.41. The zero-order valence-corrected chi connectivity index (χ0v) is 14.0. The molecule has 1 nitrogen and oxygen atoms in total. The van der Waals surface area contributed by atoms with Crippen LogP contribution in [0.4, 0.5) is 0 Å². The van der Waals surface area contributed by atoms with Crippen molar-refractivity contribution in [1.82, 2.24) is 5.32 Å². The monoisotopic (exact) mass is 281 g/mol. The first-order chi connectivity index (χ1) is 10.0. The molecule has 0 unspecified atom stereocenters. The molecule has 0 aromatic heterocycles. The fourth-order valence-corrected chi connectivity index (χ4v) is 2.78. The van der Waals surface area contributed by atoms with Gasteiger partial charge in [0.2, 0.25) is 0 Å². The summed E-state index contributed by atoms with van der Waals surface area (Å²) in [6, 6.07) is 13.8. The maximum Gasteiger partial charge on any atom is 0.0102 e. The van der Waals surface area contributed by atoms with Gasteiger partial charge in [0.05, 0.1) is 0 Å². The Morgan fingerprint density at radius 2 is 1.24 bits per heavy atom. The zero-order valence-electron chi connectivity index (χ0n) is 14.0. The molecule has 1 heteroatoms. The first-order valence-corrected chi connectivity index (χ1v) is 7.82. The fraction of sp³-hybridized carbons (Fsp3) is 0.400. The quantitative estimate of drug-likeness (QED) is 0.840. The van der Waals surface area contributed by atoms with E-state index in [9.17, 15) is 0 Å². The van der Waals surface area contributed by atoms with E-state index in [4.69, 9.17) is 0 Å². The summed E-state index contributed by atoms with van der Waals surface area (Å²) < 4.78 is 0. The van der Waals surface area contributed by atoms with Gasteiger partial charge in [0.25, 0.3) is 0 Å². The molecule has 0 radical (unpaired) electrons. The first kappa shape index (κ1) is 15.8. The van der Waals surface area contributed by atoms with Gasteiger partial charge in [-0.25, -0.2) is 0 Å². The third-order valence-corrected chi connectivity index (χ3v) is 4.55. The lowest BCUT2D eigenvalue weighted by Gasteiger charge is -2.20. The molecule has 0 aliphatic heterocycles. The first-order valence-electron chi connectivity index (χ1n) is 7.82. The van der Waals surface area contributed by atoms with Crippen molar-refractivity contribution in [3.63, 3.8) is 0 Å². The van der Waals surface area contributed by atoms with Crippen molar-refractivity contribution in [2.24, 2.45) is 0 Å². The van der Waals surface area contributed by atoms with Crippen LogP contribution in [0.15, 0.2) is 36.4 Å². The second-order valence-electron chi connectivity index (χ2n) is 6.13. The lowest BCUT2D eigenvalue weighted by molar-refractivity contribution is 0.661. The fourth-order valence-electron chi connectivity index (χ4n) is 2.78. The Labute approximate surface area is 129 Å². The molecule has 2 aromatic carbocycles. The normalized spacial score (nSPS) is 11.1. The molecule has 1 N–H and O–H groups in total. The van der Waals surface area contributed by atoms with Gasteiger partial charge in [-0.15, -0.1) is 0 Å². The van der Waals surface area contributed by atoms with Gasteiger partial charge >= 0.3 is 0 Å². The van der Waals surface area contributed by atoms with Crippen LogP contribution in [0, 0.1) is 27.7 Å². The molecule has 0 aliphatic carbocycles. The molecular weight excluding hydrogens is 254 g/mol. The smallest absolute Gasteiger partial charge is 0.0102 e. The third kappa shape index (κ3) is 3.74. The Morgan fingerprint density at radius 3 is 1.62 bits per heavy atom. The van der Waals surface area contributed by atoms with E-state index >= 15 is 0 Å². The van der Waals surface area contributed by atoms with Crippen LogP contribution in [0.2, 0.25) is 0 Å². The molecule has 2 aromatic rings. The van der Waals surface area contributed by atoms with Crippen molar-refractivity contribution in [3.05, 3.63) is 69.8 Å². The van der Waals surface area contributed by atoms with E-state index in [1.807, 2.05) is 7.05 Å². The van der Waals surface area contributed by atoms with E-state index in [0.717, 1.165) is 13.0 Å². The van der Waals surface area contributed by atoms with Crippen LogP contribution < -0.4 is 5.32 Å². The Hall–Kier alpha value is -1.60. The number of aryl methyl sites for hydroxylation is 4. The van der Waals surface area contributed by atoms with Gasteiger partial charge < -0.3 is 5.32 Å². The average Bonchev–Trinajstić information content (AvgIpc) is 2.46. The summed E-state index contributed by atoms with van der Waals surface area (Å²) in [7, 11) is 2.03. The van der Waals surface area contributed by atoms with Gasteiger partial charge in [0, 0.05) is 5.92 Å². The SMILES string of the molecule is CNCCC(c1ccc(C)c(C)c1)c1ccc(C)c(C)c1. The molecule has 21 heavy (non-hydrogen) atoms. The number of hydrogen-bond donors (Lipinski definition) is 1. The van der Waals surface area contributed by atoms with Crippen LogP contribution in [0.3, 0.4) is 0 Å². The van der Waals surface area contributed by atoms with E-state index in [1.54, 1.807) is 0 Å². The van der Waals surface area contributed by atoms with Crippen molar-refractivity contribution in [2.45, 2.75) is 40.0 Å². The summed E-state index contributed by atoms with van der Waals surface area (Å²) in [6.07, 6.45) is 1.13. The minimum atomic E-state index is 0.469. The van der Waals surface area contributed by atoms with Crippen LogP contribution in [-0.2, 0) is 0 Å².